The number of carboxylic acid groups (broad SMARTS) is 1. The van der Waals surface area contributed by atoms with Crippen LogP contribution in [0.5, 0.6) is 5.75 Å². The standard InChI is InChI=1S/C17H23NO6/c1-11(2)7-13(17(21)22)9-18-16(20)12-5-4-6-14(8-12)24-10-15(19)23-3/h4-6,8,11,13H,7,9-10H2,1-3H3,(H,18,20)(H,21,22). The van der Waals surface area contributed by atoms with Gasteiger partial charge in [0.2, 0.25) is 0 Å². The molecule has 0 aliphatic heterocycles. The Bertz CT molecular complexity index is 584. The summed E-state index contributed by atoms with van der Waals surface area (Å²) in [6.07, 6.45) is 0.484. The Kier molecular flexibility index (Phi) is 7.74. The van der Waals surface area contributed by atoms with Crippen LogP contribution in [-0.4, -0.2) is 43.2 Å². The molecule has 1 amide bonds. The lowest BCUT2D eigenvalue weighted by molar-refractivity contribution is -0.143. The average Bonchev–Trinajstić information content (AvgIpc) is 2.55. The molecular weight excluding hydrogens is 314 g/mol. The van der Waals surface area contributed by atoms with E-state index in [0.29, 0.717) is 17.7 Å². The molecule has 1 aromatic rings. The third kappa shape index (κ3) is 6.68. The van der Waals surface area contributed by atoms with E-state index in [1.54, 1.807) is 18.2 Å². The highest BCUT2D eigenvalue weighted by molar-refractivity contribution is 5.94. The number of benzene rings is 1. The number of ether oxygens (including phenoxy) is 2. The van der Waals surface area contributed by atoms with Crippen LogP contribution in [0, 0.1) is 11.8 Å². The minimum atomic E-state index is -0.931. The maximum absolute atomic E-state index is 12.2. The van der Waals surface area contributed by atoms with Gasteiger partial charge in [-0.1, -0.05) is 19.9 Å². The Hall–Kier alpha value is -2.57. The van der Waals surface area contributed by atoms with Crippen molar-refractivity contribution in [3.8, 4) is 5.75 Å². The highest BCUT2D eigenvalue weighted by atomic mass is 16.6. The van der Waals surface area contributed by atoms with E-state index < -0.39 is 23.8 Å². The highest BCUT2D eigenvalue weighted by Gasteiger charge is 2.20. The Labute approximate surface area is 141 Å². The Balaban J connectivity index is 2.64. The number of rotatable bonds is 9. The molecule has 1 rings (SSSR count). The summed E-state index contributed by atoms with van der Waals surface area (Å²) in [5, 5.41) is 11.8. The minimum absolute atomic E-state index is 0.0552. The van der Waals surface area contributed by atoms with Crippen molar-refractivity contribution in [1.29, 1.82) is 0 Å². The normalized spacial score (nSPS) is 11.7. The first-order valence-corrected chi connectivity index (χ1v) is 7.64. The third-order valence-corrected chi connectivity index (χ3v) is 3.29. The van der Waals surface area contributed by atoms with Crippen molar-refractivity contribution in [1.82, 2.24) is 5.32 Å². The Morgan fingerprint density at radius 1 is 1.25 bits per heavy atom. The SMILES string of the molecule is COC(=O)COc1cccc(C(=O)NCC(CC(C)C)C(=O)O)c1. The van der Waals surface area contributed by atoms with Gasteiger partial charge < -0.3 is 19.9 Å². The van der Waals surface area contributed by atoms with Gasteiger partial charge in [-0.05, 0) is 30.5 Å². The molecule has 0 radical (unpaired) electrons. The smallest absolute Gasteiger partial charge is 0.343 e. The average molecular weight is 337 g/mol. The second-order valence-corrected chi connectivity index (χ2v) is 5.77. The first-order valence-electron chi connectivity index (χ1n) is 7.64. The lowest BCUT2D eigenvalue weighted by atomic mass is 9.97. The van der Waals surface area contributed by atoms with Crippen LogP contribution < -0.4 is 10.1 Å². The number of carbonyl (C=O) groups excluding carboxylic acids is 2. The van der Waals surface area contributed by atoms with Gasteiger partial charge in [0, 0.05) is 12.1 Å². The largest absolute Gasteiger partial charge is 0.482 e. The molecule has 132 valence electrons. The summed E-state index contributed by atoms with van der Waals surface area (Å²) in [5.41, 5.74) is 0.325. The van der Waals surface area contributed by atoms with Gasteiger partial charge >= 0.3 is 11.9 Å². The molecule has 1 unspecified atom stereocenters. The van der Waals surface area contributed by atoms with Crippen LogP contribution in [0.25, 0.3) is 0 Å². The van der Waals surface area contributed by atoms with E-state index in [4.69, 9.17) is 4.74 Å². The van der Waals surface area contributed by atoms with E-state index in [1.807, 2.05) is 13.8 Å². The van der Waals surface area contributed by atoms with E-state index in [1.165, 1.54) is 13.2 Å². The van der Waals surface area contributed by atoms with E-state index in [0.717, 1.165) is 0 Å². The number of hydrogen-bond donors (Lipinski definition) is 2. The van der Waals surface area contributed by atoms with Crippen LogP contribution in [0.2, 0.25) is 0 Å². The summed E-state index contributed by atoms with van der Waals surface area (Å²) in [7, 11) is 1.26. The van der Waals surface area contributed by atoms with Gasteiger partial charge in [0.1, 0.15) is 5.75 Å². The maximum atomic E-state index is 12.2. The molecule has 0 fully saturated rings. The molecule has 0 bridgehead atoms. The summed E-state index contributed by atoms with van der Waals surface area (Å²) in [6.45, 7) is 3.66. The number of hydrogen-bond acceptors (Lipinski definition) is 5. The molecule has 0 aromatic heterocycles. The summed E-state index contributed by atoms with van der Waals surface area (Å²) in [5.74, 6) is -1.91. The number of carbonyl (C=O) groups is 3. The van der Waals surface area contributed by atoms with Gasteiger partial charge in [-0.15, -0.1) is 0 Å². The molecule has 0 saturated carbocycles. The second kappa shape index (κ2) is 9.54. The fraction of sp³-hybridized carbons (Fsp3) is 0.471. The third-order valence-electron chi connectivity index (χ3n) is 3.29. The molecule has 7 heteroatoms. The Morgan fingerprint density at radius 3 is 2.54 bits per heavy atom. The summed E-state index contributed by atoms with van der Waals surface area (Å²) in [4.78, 5) is 34.4. The summed E-state index contributed by atoms with van der Waals surface area (Å²) >= 11 is 0. The first kappa shape index (κ1) is 19.5. The van der Waals surface area contributed by atoms with Crippen molar-refractivity contribution in [3.05, 3.63) is 29.8 Å². The number of aliphatic carboxylic acids is 1. The summed E-state index contributed by atoms with van der Waals surface area (Å²) in [6, 6.07) is 6.29. The minimum Gasteiger partial charge on any atom is -0.482 e. The zero-order valence-corrected chi connectivity index (χ0v) is 14.1. The van der Waals surface area contributed by atoms with Gasteiger partial charge in [0.25, 0.3) is 5.91 Å². The molecule has 2 N–H and O–H groups in total. The second-order valence-electron chi connectivity index (χ2n) is 5.77. The molecule has 0 aliphatic carbocycles. The number of nitrogens with one attached hydrogen (secondary N) is 1. The fourth-order valence-electron chi connectivity index (χ4n) is 2.09. The van der Waals surface area contributed by atoms with Gasteiger partial charge in [-0.3, -0.25) is 9.59 Å². The predicted octanol–water partition coefficient (Wildman–Crippen LogP) is 1.72. The van der Waals surface area contributed by atoms with Crippen molar-refractivity contribution in [3.63, 3.8) is 0 Å². The van der Waals surface area contributed by atoms with Gasteiger partial charge in [-0.2, -0.15) is 0 Å². The topological polar surface area (TPSA) is 102 Å². The number of methoxy groups -OCH3 is 1. The van der Waals surface area contributed by atoms with E-state index >= 15 is 0 Å². The van der Waals surface area contributed by atoms with Crippen LogP contribution in [0.15, 0.2) is 24.3 Å². The fourth-order valence-corrected chi connectivity index (χ4v) is 2.09. The van der Waals surface area contributed by atoms with Gasteiger partial charge in [-0.25, -0.2) is 4.79 Å². The predicted molar refractivity (Wildman–Crippen MR) is 86.9 cm³/mol. The van der Waals surface area contributed by atoms with Crippen LogP contribution >= 0.6 is 0 Å². The van der Waals surface area contributed by atoms with Crippen molar-refractivity contribution in [2.24, 2.45) is 11.8 Å². The monoisotopic (exact) mass is 337 g/mol. The molecule has 0 aliphatic rings. The molecule has 0 saturated heterocycles. The van der Waals surface area contributed by atoms with Gasteiger partial charge in [0.15, 0.2) is 6.61 Å². The number of amides is 1. The number of esters is 1. The Morgan fingerprint density at radius 2 is 1.96 bits per heavy atom. The van der Waals surface area contributed by atoms with Crippen molar-refractivity contribution >= 4 is 17.8 Å². The maximum Gasteiger partial charge on any atom is 0.343 e. The molecule has 1 aromatic carbocycles. The van der Waals surface area contributed by atoms with Crippen LogP contribution in [0.4, 0.5) is 0 Å². The lowest BCUT2D eigenvalue weighted by Gasteiger charge is -2.15. The zero-order valence-electron chi connectivity index (χ0n) is 14.1. The van der Waals surface area contributed by atoms with Crippen LogP contribution in [-0.2, 0) is 14.3 Å². The van der Waals surface area contributed by atoms with Crippen LogP contribution in [0.3, 0.4) is 0 Å². The van der Waals surface area contributed by atoms with Crippen LogP contribution in [0.1, 0.15) is 30.6 Å². The van der Waals surface area contributed by atoms with E-state index in [9.17, 15) is 19.5 Å². The molecule has 7 nitrogen and oxygen atoms in total. The highest BCUT2D eigenvalue weighted by Crippen LogP contribution is 2.14. The lowest BCUT2D eigenvalue weighted by Crippen LogP contribution is -2.33. The van der Waals surface area contributed by atoms with E-state index in [-0.39, 0.29) is 19.1 Å². The molecule has 0 spiro atoms. The first-order chi connectivity index (χ1) is 11.3. The van der Waals surface area contributed by atoms with E-state index in [2.05, 4.69) is 10.1 Å². The quantitative estimate of drug-likeness (QED) is 0.665. The molecule has 24 heavy (non-hydrogen) atoms. The van der Waals surface area contributed by atoms with Crippen molar-refractivity contribution < 1.29 is 29.0 Å². The zero-order chi connectivity index (χ0) is 18.1. The number of carboxylic acids is 1. The van der Waals surface area contributed by atoms with Crippen molar-refractivity contribution in [2.45, 2.75) is 20.3 Å². The molecule has 0 heterocycles. The van der Waals surface area contributed by atoms with Crippen molar-refractivity contribution in [2.75, 3.05) is 20.3 Å². The van der Waals surface area contributed by atoms with Gasteiger partial charge in [0.05, 0.1) is 13.0 Å². The molecular formula is C17H23NO6. The summed E-state index contributed by atoms with van der Waals surface area (Å²) < 4.78 is 9.69. The molecule has 1 atom stereocenters.